The molecular weight excluding hydrogens is 140 g/mol. The van der Waals surface area contributed by atoms with Crippen LogP contribution in [0.15, 0.2) is 0 Å². The van der Waals surface area contributed by atoms with Gasteiger partial charge in [-0.1, -0.05) is 6.92 Å². The first-order chi connectivity index (χ1) is 5.33. The largest absolute Gasteiger partial charge is 0.304 e. The van der Waals surface area contributed by atoms with Gasteiger partial charge in [-0.3, -0.25) is 4.84 Å². The Kier molecular flexibility index (Phi) is 3.83. The lowest BCUT2D eigenvalue weighted by atomic mass is 10.4. The van der Waals surface area contributed by atoms with Gasteiger partial charge in [-0.15, -0.1) is 0 Å². The van der Waals surface area contributed by atoms with Gasteiger partial charge < -0.3 is 4.90 Å². The normalized spacial score (nSPS) is 22.4. The van der Waals surface area contributed by atoms with Crippen LogP contribution in [0, 0.1) is 0 Å². The minimum absolute atomic E-state index is 0.865. The van der Waals surface area contributed by atoms with Crippen LogP contribution in [-0.4, -0.2) is 49.8 Å². The summed E-state index contributed by atoms with van der Waals surface area (Å²) in [6, 6.07) is 0. The van der Waals surface area contributed by atoms with Crippen molar-refractivity contribution in [3.63, 3.8) is 0 Å². The molecule has 0 aromatic heterocycles. The van der Waals surface area contributed by atoms with Gasteiger partial charge in [-0.05, 0) is 13.5 Å². The average Bonchev–Trinajstić information content (AvgIpc) is 2.04. The molecule has 0 bridgehead atoms. The first kappa shape index (κ1) is 8.97. The number of rotatable bonds is 3. The molecular formula is C8H18N2O. The zero-order valence-electron chi connectivity index (χ0n) is 7.55. The summed E-state index contributed by atoms with van der Waals surface area (Å²) in [6.45, 7) is 7.36. The number of hydroxylamine groups is 2. The molecule has 3 heteroatoms. The Labute approximate surface area is 68.9 Å². The van der Waals surface area contributed by atoms with Crippen LogP contribution >= 0.6 is 0 Å². The predicted octanol–water partition coefficient (Wildman–Crippen LogP) is 0.575. The van der Waals surface area contributed by atoms with Crippen molar-refractivity contribution < 1.29 is 4.84 Å². The van der Waals surface area contributed by atoms with Crippen molar-refractivity contribution in [3.8, 4) is 0 Å². The number of hydrogen-bond donors (Lipinski definition) is 0. The highest BCUT2D eigenvalue weighted by Gasteiger charge is 2.12. The molecule has 1 aliphatic rings. The Balaban J connectivity index is 2.07. The number of hydrogen-bond acceptors (Lipinski definition) is 3. The summed E-state index contributed by atoms with van der Waals surface area (Å²) in [5.41, 5.74) is 0. The molecule has 0 aliphatic carbocycles. The summed E-state index contributed by atoms with van der Waals surface area (Å²) in [6.07, 6.45) is 1.10. The molecule has 66 valence electrons. The van der Waals surface area contributed by atoms with E-state index in [1.54, 1.807) is 0 Å². The monoisotopic (exact) mass is 158 g/mol. The second-order valence-electron chi connectivity index (χ2n) is 3.07. The molecule has 0 aromatic rings. The lowest BCUT2D eigenvalue weighted by Gasteiger charge is -2.31. The van der Waals surface area contributed by atoms with Crippen molar-refractivity contribution >= 4 is 0 Å². The van der Waals surface area contributed by atoms with E-state index in [2.05, 4.69) is 23.9 Å². The van der Waals surface area contributed by atoms with Crippen LogP contribution in [-0.2, 0) is 4.84 Å². The average molecular weight is 158 g/mol. The van der Waals surface area contributed by atoms with E-state index < -0.39 is 0 Å². The third kappa shape index (κ3) is 3.18. The van der Waals surface area contributed by atoms with Crippen molar-refractivity contribution in [2.24, 2.45) is 0 Å². The molecule has 1 fully saturated rings. The van der Waals surface area contributed by atoms with Crippen molar-refractivity contribution in [1.82, 2.24) is 9.96 Å². The Morgan fingerprint density at radius 1 is 1.18 bits per heavy atom. The summed E-state index contributed by atoms with van der Waals surface area (Å²) in [7, 11) is 2.15. The Morgan fingerprint density at radius 2 is 1.82 bits per heavy atom. The first-order valence-electron chi connectivity index (χ1n) is 4.39. The van der Waals surface area contributed by atoms with Crippen molar-refractivity contribution in [2.45, 2.75) is 13.3 Å². The molecule has 1 rings (SSSR count). The summed E-state index contributed by atoms with van der Waals surface area (Å²) in [5.74, 6) is 0. The van der Waals surface area contributed by atoms with Crippen LogP contribution in [0.4, 0.5) is 0 Å². The summed E-state index contributed by atoms with van der Waals surface area (Å²) in [4.78, 5) is 7.81. The third-order valence-corrected chi connectivity index (χ3v) is 1.94. The van der Waals surface area contributed by atoms with Crippen LogP contribution in [0.25, 0.3) is 0 Å². The number of piperazine rings is 1. The molecule has 0 amide bonds. The Bertz CT molecular complexity index is 97.5. The van der Waals surface area contributed by atoms with Gasteiger partial charge in [0.15, 0.2) is 0 Å². The highest BCUT2D eigenvalue weighted by molar-refractivity contribution is 4.62. The molecule has 0 radical (unpaired) electrons. The van der Waals surface area contributed by atoms with Gasteiger partial charge in [0, 0.05) is 26.2 Å². The van der Waals surface area contributed by atoms with Crippen molar-refractivity contribution in [1.29, 1.82) is 0 Å². The molecule has 11 heavy (non-hydrogen) atoms. The molecule has 0 N–H and O–H groups in total. The summed E-state index contributed by atoms with van der Waals surface area (Å²) >= 11 is 0. The number of likely N-dealkylation sites (N-methyl/N-ethyl adjacent to an activating group) is 1. The zero-order valence-corrected chi connectivity index (χ0v) is 7.55. The highest BCUT2D eigenvalue weighted by atomic mass is 16.7. The smallest absolute Gasteiger partial charge is 0.0682 e. The minimum atomic E-state index is 0.865. The van der Waals surface area contributed by atoms with Gasteiger partial charge in [0.2, 0.25) is 0 Å². The van der Waals surface area contributed by atoms with Crippen LogP contribution in [0.2, 0.25) is 0 Å². The van der Waals surface area contributed by atoms with Gasteiger partial charge in [-0.25, -0.2) is 0 Å². The van der Waals surface area contributed by atoms with Gasteiger partial charge >= 0.3 is 0 Å². The Morgan fingerprint density at radius 3 is 2.36 bits per heavy atom. The van der Waals surface area contributed by atoms with Gasteiger partial charge in [0.1, 0.15) is 0 Å². The Hall–Kier alpha value is -0.120. The lowest BCUT2D eigenvalue weighted by molar-refractivity contribution is -0.174. The van der Waals surface area contributed by atoms with Gasteiger partial charge in [0.25, 0.3) is 0 Å². The topological polar surface area (TPSA) is 15.7 Å². The maximum absolute atomic E-state index is 5.49. The van der Waals surface area contributed by atoms with Crippen LogP contribution in [0.3, 0.4) is 0 Å². The standard InChI is InChI=1S/C8H18N2O/c1-3-8-11-10-6-4-9(2)5-7-10/h3-8H2,1-2H3. The van der Waals surface area contributed by atoms with E-state index in [0.29, 0.717) is 0 Å². The first-order valence-corrected chi connectivity index (χ1v) is 4.39. The van der Waals surface area contributed by atoms with Gasteiger partial charge in [0.05, 0.1) is 6.61 Å². The molecule has 1 heterocycles. The second kappa shape index (κ2) is 4.70. The number of nitrogens with zero attached hydrogens (tertiary/aromatic N) is 2. The molecule has 1 aliphatic heterocycles. The molecule has 0 saturated carbocycles. The summed E-state index contributed by atoms with van der Waals surface area (Å²) < 4.78 is 0. The quantitative estimate of drug-likeness (QED) is 0.597. The van der Waals surface area contributed by atoms with E-state index in [0.717, 1.165) is 39.2 Å². The summed E-state index contributed by atoms with van der Waals surface area (Å²) in [5, 5.41) is 2.07. The van der Waals surface area contributed by atoms with E-state index in [1.807, 2.05) is 0 Å². The predicted molar refractivity (Wildman–Crippen MR) is 45.3 cm³/mol. The van der Waals surface area contributed by atoms with E-state index in [-0.39, 0.29) is 0 Å². The van der Waals surface area contributed by atoms with E-state index in [4.69, 9.17) is 4.84 Å². The van der Waals surface area contributed by atoms with Crippen molar-refractivity contribution in [3.05, 3.63) is 0 Å². The molecule has 0 spiro atoms. The van der Waals surface area contributed by atoms with E-state index >= 15 is 0 Å². The SMILES string of the molecule is CCCON1CCN(C)CC1. The van der Waals surface area contributed by atoms with E-state index in [9.17, 15) is 0 Å². The van der Waals surface area contributed by atoms with Gasteiger partial charge in [-0.2, -0.15) is 5.06 Å². The highest BCUT2D eigenvalue weighted by Crippen LogP contribution is 1.99. The fraction of sp³-hybridized carbons (Fsp3) is 1.00. The molecule has 3 nitrogen and oxygen atoms in total. The van der Waals surface area contributed by atoms with Crippen LogP contribution < -0.4 is 0 Å². The minimum Gasteiger partial charge on any atom is -0.304 e. The maximum atomic E-state index is 5.49. The maximum Gasteiger partial charge on any atom is 0.0682 e. The lowest BCUT2D eigenvalue weighted by Crippen LogP contribution is -2.44. The molecule has 0 aromatic carbocycles. The fourth-order valence-corrected chi connectivity index (χ4v) is 1.14. The van der Waals surface area contributed by atoms with Crippen molar-refractivity contribution in [2.75, 3.05) is 39.8 Å². The fourth-order valence-electron chi connectivity index (χ4n) is 1.14. The van der Waals surface area contributed by atoms with Crippen LogP contribution in [0.5, 0.6) is 0 Å². The molecule has 1 saturated heterocycles. The second-order valence-corrected chi connectivity index (χ2v) is 3.07. The van der Waals surface area contributed by atoms with E-state index in [1.165, 1.54) is 0 Å². The molecule has 0 unspecified atom stereocenters. The zero-order chi connectivity index (χ0) is 8.10. The molecule has 0 atom stereocenters. The van der Waals surface area contributed by atoms with Crippen LogP contribution in [0.1, 0.15) is 13.3 Å². The third-order valence-electron chi connectivity index (χ3n) is 1.94.